The molecule has 0 atom stereocenters. The molecule has 0 radical (unpaired) electrons. The molecule has 1 N–H and O–H groups in total. The van der Waals surface area contributed by atoms with Crippen molar-refractivity contribution in [1.82, 2.24) is 4.72 Å². The van der Waals surface area contributed by atoms with Gasteiger partial charge in [0.2, 0.25) is 10.0 Å². The van der Waals surface area contributed by atoms with E-state index in [0.29, 0.717) is 10.1 Å². The van der Waals surface area contributed by atoms with E-state index in [1.54, 1.807) is 24.3 Å². The van der Waals surface area contributed by atoms with Crippen LogP contribution in [-0.4, -0.2) is 14.7 Å². The predicted octanol–water partition coefficient (Wildman–Crippen LogP) is 2.64. The Hall–Kier alpha value is -1.60. The second-order valence-corrected chi connectivity index (χ2v) is 5.29. The number of hydrogen-bond donors (Lipinski definition) is 1. The molecule has 0 aromatic heterocycles. The molecule has 0 amide bonds. The van der Waals surface area contributed by atoms with Gasteiger partial charge in [0.25, 0.3) is 0 Å². The third-order valence-electron chi connectivity index (χ3n) is 2.28. The molecule has 2 aromatic rings. The van der Waals surface area contributed by atoms with Gasteiger partial charge < -0.3 is 0 Å². The maximum absolute atomic E-state index is 12.1. The summed E-state index contributed by atoms with van der Waals surface area (Å²) < 4.78 is 59.8. The highest BCUT2D eigenvalue weighted by molar-refractivity contribution is 7.89. The summed E-state index contributed by atoms with van der Waals surface area (Å²) in [5, 5.41) is 1.31. The lowest BCUT2D eigenvalue weighted by Gasteiger charge is -2.10. The molecule has 96 valence electrons. The van der Waals surface area contributed by atoms with Gasteiger partial charge in [-0.25, -0.2) is 8.42 Å². The van der Waals surface area contributed by atoms with E-state index >= 15 is 0 Å². The molecule has 7 heteroatoms. The summed E-state index contributed by atoms with van der Waals surface area (Å²) in [5.41, 5.74) is 0. The van der Waals surface area contributed by atoms with E-state index in [2.05, 4.69) is 0 Å². The molecule has 0 saturated carbocycles. The number of rotatable bonds is 2. The Morgan fingerprint density at radius 3 is 2.17 bits per heavy atom. The zero-order chi connectivity index (χ0) is 13.4. The van der Waals surface area contributed by atoms with E-state index in [1.165, 1.54) is 12.1 Å². The number of benzene rings is 2. The minimum Gasteiger partial charge on any atom is -0.207 e. The molecule has 0 aliphatic carbocycles. The van der Waals surface area contributed by atoms with Gasteiger partial charge in [-0.3, -0.25) is 0 Å². The van der Waals surface area contributed by atoms with Gasteiger partial charge in [0.15, 0.2) is 0 Å². The van der Waals surface area contributed by atoms with Crippen molar-refractivity contribution >= 4 is 20.8 Å². The Kier molecular flexibility index (Phi) is 3.04. The summed E-state index contributed by atoms with van der Waals surface area (Å²) >= 11 is 0. The van der Waals surface area contributed by atoms with Gasteiger partial charge in [-0.15, -0.1) is 4.72 Å². The van der Waals surface area contributed by atoms with Crippen LogP contribution in [0.2, 0.25) is 0 Å². The minimum absolute atomic E-state index is 0.418. The van der Waals surface area contributed by atoms with Crippen LogP contribution >= 0.6 is 0 Å². The van der Waals surface area contributed by atoms with E-state index in [9.17, 15) is 21.6 Å². The zero-order valence-electron chi connectivity index (χ0n) is 8.90. The molecule has 0 fully saturated rings. The van der Waals surface area contributed by atoms with Crippen LogP contribution in [0.15, 0.2) is 47.4 Å². The Morgan fingerprint density at radius 1 is 0.944 bits per heavy atom. The number of nitrogens with one attached hydrogen (secondary N) is 1. The summed E-state index contributed by atoms with van der Waals surface area (Å²) in [6, 6.07) is 10.6. The van der Waals surface area contributed by atoms with Crippen LogP contribution < -0.4 is 4.72 Å². The van der Waals surface area contributed by atoms with Gasteiger partial charge in [-0.1, -0.05) is 30.3 Å². The highest BCUT2D eigenvalue weighted by atomic mass is 32.2. The van der Waals surface area contributed by atoms with Crippen molar-refractivity contribution in [1.29, 1.82) is 0 Å². The maximum atomic E-state index is 12.1. The van der Waals surface area contributed by atoms with Crippen LogP contribution in [0.5, 0.6) is 0 Å². The number of halogens is 3. The SMILES string of the molecule is O=S(=O)(NC(F)(F)F)c1ccc2ccccc2c1. The average molecular weight is 275 g/mol. The molecule has 0 unspecified atom stereocenters. The molecule has 18 heavy (non-hydrogen) atoms. The standard InChI is InChI=1S/C11H8F3NO2S/c12-11(13,14)15-18(16,17)10-6-5-8-3-1-2-4-9(8)7-10/h1-7,15H. The van der Waals surface area contributed by atoms with Gasteiger partial charge in [0.1, 0.15) is 0 Å². The second-order valence-electron chi connectivity index (χ2n) is 3.61. The quantitative estimate of drug-likeness (QED) is 0.856. The summed E-state index contributed by atoms with van der Waals surface area (Å²) in [6.45, 7) is 0. The molecular formula is C11H8F3NO2S. The van der Waals surface area contributed by atoms with Gasteiger partial charge in [-0.2, -0.15) is 13.2 Å². The van der Waals surface area contributed by atoms with Crippen LogP contribution in [0.3, 0.4) is 0 Å². The first kappa shape index (κ1) is 12.8. The van der Waals surface area contributed by atoms with E-state index in [4.69, 9.17) is 0 Å². The lowest BCUT2D eigenvalue weighted by molar-refractivity contribution is -0.138. The largest absolute Gasteiger partial charge is 0.470 e. The molecule has 0 heterocycles. The van der Waals surface area contributed by atoms with Crippen LogP contribution in [0.1, 0.15) is 0 Å². The van der Waals surface area contributed by atoms with Crippen molar-refractivity contribution < 1.29 is 21.6 Å². The Labute approximate surface area is 101 Å². The predicted molar refractivity (Wildman–Crippen MR) is 60.3 cm³/mol. The van der Waals surface area contributed by atoms with Crippen LogP contribution in [0, 0.1) is 0 Å². The van der Waals surface area contributed by atoms with Crippen molar-refractivity contribution in [2.24, 2.45) is 0 Å². The first-order chi connectivity index (χ1) is 8.28. The van der Waals surface area contributed by atoms with Crippen LogP contribution in [-0.2, 0) is 10.0 Å². The monoisotopic (exact) mass is 275 g/mol. The summed E-state index contributed by atoms with van der Waals surface area (Å²) in [6.07, 6.45) is -4.98. The third-order valence-corrected chi connectivity index (χ3v) is 3.66. The van der Waals surface area contributed by atoms with E-state index in [0.717, 1.165) is 11.5 Å². The molecule has 0 saturated heterocycles. The summed E-state index contributed by atoms with van der Waals surface area (Å²) in [5.74, 6) is 0. The number of fused-ring (bicyclic) bond motifs is 1. The van der Waals surface area contributed by atoms with Gasteiger partial charge in [0.05, 0.1) is 4.90 Å². The van der Waals surface area contributed by atoms with Crippen molar-refractivity contribution in [3.8, 4) is 0 Å². The minimum atomic E-state index is -4.98. The molecule has 0 aliphatic heterocycles. The topological polar surface area (TPSA) is 46.2 Å². The molecule has 0 spiro atoms. The highest BCUT2D eigenvalue weighted by Crippen LogP contribution is 2.21. The van der Waals surface area contributed by atoms with Crippen LogP contribution in [0.25, 0.3) is 10.8 Å². The Balaban J connectivity index is 2.48. The number of sulfonamides is 1. The smallest absolute Gasteiger partial charge is 0.207 e. The van der Waals surface area contributed by atoms with Crippen molar-refractivity contribution in [2.45, 2.75) is 11.2 Å². The molecule has 2 rings (SSSR count). The number of alkyl halides is 3. The second kappa shape index (κ2) is 4.25. The number of hydrogen-bond acceptors (Lipinski definition) is 2. The van der Waals surface area contributed by atoms with Gasteiger partial charge >= 0.3 is 6.30 Å². The van der Waals surface area contributed by atoms with E-state index in [1.807, 2.05) is 0 Å². The van der Waals surface area contributed by atoms with Crippen LogP contribution in [0.4, 0.5) is 13.2 Å². The molecule has 2 aromatic carbocycles. The normalized spacial score (nSPS) is 12.8. The van der Waals surface area contributed by atoms with E-state index in [-0.39, 0.29) is 0 Å². The highest BCUT2D eigenvalue weighted by Gasteiger charge is 2.34. The summed E-state index contributed by atoms with van der Waals surface area (Å²) in [7, 11) is -4.58. The van der Waals surface area contributed by atoms with Crippen molar-refractivity contribution in [2.75, 3.05) is 0 Å². The fourth-order valence-corrected chi connectivity index (χ4v) is 2.50. The first-order valence-electron chi connectivity index (χ1n) is 4.87. The first-order valence-corrected chi connectivity index (χ1v) is 6.36. The van der Waals surface area contributed by atoms with Gasteiger partial charge in [-0.05, 0) is 22.9 Å². The van der Waals surface area contributed by atoms with Gasteiger partial charge in [0, 0.05) is 0 Å². The maximum Gasteiger partial charge on any atom is 0.470 e. The molecule has 3 nitrogen and oxygen atoms in total. The third kappa shape index (κ3) is 2.80. The van der Waals surface area contributed by atoms with Crippen molar-refractivity contribution in [3.05, 3.63) is 42.5 Å². The Morgan fingerprint density at radius 2 is 1.56 bits per heavy atom. The average Bonchev–Trinajstić information content (AvgIpc) is 2.25. The van der Waals surface area contributed by atoms with Crippen molar-refractivity contribution in [3.63, 3.8) is 0 Å². The molecule has 0 bridgehead atoms. The van der Waals surface area contributed by atoms with E-state index < -0.39 is 21.2 Å². The lowest BCUT2D eigenvalue weighted by atomic mass is 10.1. The lowest BCUT2D eigenvalue weighted by Crippen LogP contribution is -2.37. The molecular weight excluding hydrogens is 267 g/mol. The summed E-state index contributed by atoms with van der Waals surface area (Å²) in [4.78, 5) is -0.418. The molecule has 0 aliphatic rings. The fraction of sp³-hybridized carbons (Fsp3) is 0.0909. The Bertz CT molecular complexity index is 680. The zero-order valence-corrected chi connectivity index (χ0v) is 9.72. The fourth-order valence-electron chi connectivity index (χ4n) is 1.55.